The fraction of sp³-hybridized carbons (Fsp3) is 0.200. The zero-order chi connectivity index (χ0) is 13.2. The maximum absolute atomic E-state index is 13.4. The van der Waals surface area contributed by atoms with Gasteiger partial charge in [-0.25, -0.2) is 17.5 Å². The van der Waals surface area contributed by atoms with Crippen LogP contribution >= 0.6 is 15.9 Å². The van der Waals surface area contributed by atoms with E-state index in [9.17, 15) is 12.8 Å². The average molecular weight is 323 g/mol. The monoisotopic (exact) mass is 322 g/mol. The highest BCUT2D eigenvalue weighted by atomic mass is 79.9. The Balaban J connectivity index is 3.12. The van der Waals surface area contributed by atoms with Gasteiger partial charge in [-0.3, -0.25) is 0 Å². The lowest BCUT2D eigenvalue weighted by atomic mass is 10.2. The molecule has 0 bridgehead atoms. The minimum atomic E-state index is -3.78. The van der Waals surface area contributed by atoms with Crippen LogP contribution in [0.25, 0.3) is 0 Å². The van der Waals surface area contributed by atoms with E-state index in [2.05, 4.69) is 27.2 Å². The van der Waals surface area contributed by atoms with Crippen molar-refractivity contribution in [2.75, 3.05) is 12.3 Å². The zero-order valence-electron chi connectivity index (χ0n) is 9.13. The summed E-state index contributed by atoms with van der Waals surface area (Å²) >= 11 is 3.02. The molecule has 7 heteroatoms. The van der Waals surface area contributed by atoms with Crippen LogP contribution in [0.1, 0.15) is 5.56 Å². The highest BCUT2D eigenvalue weighted by molar-refractivity contribution is 9.11. The topological polar surface area (TPSA) is 72.2 Å². The molecule has 3 N–H and O–H groups in total. The van der Waals surface area contributed by atoms with Crippen LogP contribution in [0.3, 0.4) is 0 Å². The lowest BCUT2D eigenvalue weighted by Crippen LogP contribution is -2.25. The molecule has 0 aromatic heterocycles. The second-order valence-corrected chi connectivity index (χ2v) is 6.35. The number of nitrogen functional groups attached to an aromatic ring is 1. The smallest absolute Gasteiger partial charge is 0.241 e. The van der Waals surface area contributed by atoms with Gasteiger partial charge in [0.25, 0.3) is 0 Å². The van der Waals surface area contributed by atoms with E-state index in [0.29, 0.717) is 4.48 Å². The summed E-state index contributed by atoms with van der Waals surface area (Å²) in [7, 11) is -3.78. The largest absolute Gasteiger partial charge is 0.398 e. The number of halogens is 2. The Morgan fingerprint density at radius 1 is 1.59 bits per heavy atom. The van der Waals surface area contributed by atoms with Crippen LogP contribution in [-0.2, 0) is 10.0 Å². The minimum absolute atomic E-state index is 0.0255. The molecule has 94 valence electrons. The molecule has 0 aliphatic carbocycles. The number of anilines is 1. The second kappa shape index (κ2) is 5.16. The van der Waals surface area contributed by atoms with Crippen molar-refractivity contribution in [2.24, 2.45) is 0 Å². The van der Waals surface area contributed by atoms with Gasteiger partial charge in [-0.1, -0.05) is 22.5 Å². The average Bonchev–Trinajstić information content (AvgIpc) is 2.22. The van der Waals surface area contributed by atoms with E-state index in [1.54, 1.807) is 0 Å². The van der Waals surface area contributed by atoms with Crippen LogP contribution in [0.4, 0.5) is 10.1 Å². The van der Waals surface area contributed by atoms with Gasteiger partial charge in [0.1, 0.15) is 5.82 Å². The summed E-state index contributed by atoms with van der Waals surface area (Å²) in [6, 6.07) is 2.16. The predicted octanol–water partition coefficient (Wildman–Crippen LogP) is 1.90. The molecule has 0 aliphatic heterocycles. The van der Waals surface area contributed by atoms with Crippen LogP contribution in [-0.4, -0.2) is 15.0 Å². The summed E-state index contributed by atoms with van der Waals surface area (Å²) in [6.45, 7) is 5.00. The molecular weight excluding hydrogens is 311 g/mol. The van der Waals surface area contributed by atoms with Crippen molar-refractivity contribution < 1.29 is 12.8 Å². The Morgan fingerprint density at radius 2 is 2.18 bits per heavy atom. The molecule has 17 heavy (non-hydrogen) atoms. The van der Waals surface area contributed by atoms with Crippen molar-refractivity contribution in [1.82, 2.24) is 4.72 Å². The number of nitrogens with one attached hydrogen (secondary N) is 1. The molecule has 1 aromatic rings. The Kier molecular flexibility index (Phi) is 4.29. The summed E-state index contributed by atoms with van der Waals surface area (Å²) in [5, 5.41) is 0. The quantitative estimate of drug-likeness (QED) is 0.832. The third-order valence-corrected chi connectivity index (χ3v) is 3.78. The van der Waals surface area contributed by atoms with E-state index in [-0.39, 0.29) is 22.7 Å². The van der Waals surface area contributed by atoms with Crippen molar-refractivity contribution in [2.45, 2.75) is 11.8 Å². The SMILES string of the molecule is C=C(Br)CNS(=O)(=O)c1cc(N)c(C)c(F)c1. The first-order chi connectivity index (χ1) is 7.74. The van der Waals surface area contributed by atoms with E-state index < -0.39 is 15.8 Å². The van der Waals surface area contributed by atoms with Crippen molar-refractivity contribution in [3.05, 3.63) is 34.6 Å². The summed E-state index contributed by atoms with van der Waals surface area (Å²) in [5.74, 6) is -0.650. The Morgan fingerprint density at radius 3 is 2.65 bits per heavy atom. The van der Waals surface area contributed by atoms with Crippen LogP contribution < -0.4 is 10.5 Å². The molecule has 0 amide bonds. The fourth-order valence-electron chi connectivity index (χ4n) is 1.09. The van der Waals surface area contributed by atoms with Crippen molar-refractivity contribution in [3.63, 3.8) is 0 Å². The molecular formula is C10H12BrFN2O2S. The molecule has 0 atom stereocenters. The number of hydrogen-bond acceptors (Lipinski definition) is 3. The van der Waals surface area contributed by atoms with E-state index in [1.807, 2.05) is 0 Å². The first kappa shape index (κ1) is 14.1. The van der Waals surface area contributed by atoms with E-state index in [0.717, 1.165) is 6.07 Å². The van der Waals surface area contributed by atoms with Crippen molar-refractivity contribution in [3.8, 4) is 0 Å². The highest BCUT2D eigenvalue weighted by Crippen LogP contribution is 2.20. The number of nitrogens with two attached hydrogens (primary N) is 1. The summed E-state index contributed by atoms with van der Waals surface area (Å²) in [6.07, 6.45) is 0. The van der Waals surface area contributed by atoms with E-state index >= 15 is 0 Å². The van der Waals surface area contributed by atoms with Gasteiger partial charge in [-0.15, -0.1) is 0 Å². The maximum Gasteiger partial charge on any atom is 0.241 e. The molecule has 1 aromatic carbocycles. The van der Waals surface area contributed by atoms with Gasteiger partial charge < -0.3 is 5.73 Å². The van der Waals surface area contributed by atoms with E-state index in [4.69, 9.17) is 5.73 Å². The third kappa shape index (κ3) is 3.52. The van der Waals surface area contributed by atoms with Crippen molar-refractivity contribution >= 4 is 31.6 Å². The molecule has 4 nitrogen and oxygen atoms in total. The van der Waals surface area contributed by atoms with Crippen molar-refractivity contribution in [1.29, 1.82) is 0 Å². The number of hydrogen-bond donors (Lipinski definition) is 2. The first-order valence-corrected chi connectivity index (χ1v) is 6.90. The lowest BCUT2D eigenvalue weighted by Gasteiger charge is -2.09. The van der Waals surface area contributed by atoms with Crippen LogP contribution in [0.15, 0.2) is 28.1 Å². The van der Waals surface area contributed by atoms with Crippen LogP contribution in [0, 0.1) is 12.7 Å². The van der Waals surface area contributed by atoms with Gasteiger partial charge in [0.2, 0.25) is 10.0 Å². The predicted molar refractivity (Wildman–Crippen MR) is 68.8 cm³/mol. The molecule has 0 fully saturated rings. The molecule has 0 saturated carbocycles. The highest BCUT2D eigenvalue weighted by Gasteiger charge is 2.17. The van der Waals surface area contributed by atoms with Crippen LogP contribution in [0.2, 0.25) is 0 Å². The first-order valence-electron chi connectivity index (χ1n) is 4.62. The Bertz CT molecular complexity index is 534. The van der Waals surface area contributed by atoms with Gasteiger partial charge in [0.15, 0.2) is 0 Å². The number of benzene rings is 1. The maximum atomic E-state index is 13.4. The van der Waals surface area contributed by atoms with Gasteiger partial charge in [0.05, 0.1) is 4.90 Å². The summed E-state index contributed by atoms with van der Waals surface area (Å²) < 4.78 is 39.6. The molecule has 0 radical (unpaired) electrons. The Labute approximate surface area is 108 Å². The normalized spacial score (nSPS) is 11.5. The molecule has 0 aliphatic rings. The zero-order valence-corrected chi connectivity index (χ0v) is 11.5. The molecule has 1 rings (SSSR count). The number of sulfonamides is 1. The summed E-state index contributed by atoms with van der Waals surface area (Å²) in [5.41, 5.74) is 5.85. The molecule has 0 saturated heterocycles. The molecule has 0 unspecified atom stereocenters. The lowest BCUT2D eigenvalue weighted by molar-refractivity contribution is 0.580. The summed E-state index contributed by atoms with van der Waals surface area (Å²) in [4.78, 5) is -0.202. The van der Waals surface area contributed by atoms with Crippen LogP contribution in [0.5, 0.6) is 0 Å². The number of rotatable bonds is 4. The second-order valence-electron chi connectivity index (χ2n) is 3.46. The van der Waals surface area contributed by atoms with E-state index in [1.165, 1.54) is 13.0 Å². The molecule has 0 spiro atoms. The third-order valence-electron chi connectivity index (χ3n) is 2.12. The van der Waals surface area contributed by atoms with Gasteiger partial charge in [-0.05, 0) is 19.1 Å². The standard InChI is InChI=1S/C10H12BrFN2O2S/c1-6(11)5-14-17(15,16)8-3-9(12)7(2)10(13)4-8/h3-4,14H,1,5,13H2,2H3. The van der Waals surface area contributed by atoms with Gasteiger partial charge in [0, 0.05) is 22.3 Å². The van der Waals surface area contributed by atoms with Gasteiger partial charge in [-0.2, -0.15) is 0 Å². The van der Waals surface area contributed by atoms with Gasteiger partial charge >= 0.3 is 0 Å². The Hall–Kier alpha value is -0.920. The minimum Gasteiger partial charge on any atom is -0.398 e. The molecule has 0 heterocycles. The fourth-order valence-corrected chi connectivity index (χ4v) is 2.48.